The molecule has 0 saturated carbocycles. The number of nitrogens with zero attached hydrogens (tertiary/aromatic N) is 5. The van der Waals surface area contributed by atoms with E-state index in [0.29, 0.717) is 33.0 Å². The van der Waals surface area contributed by atoms with Crippen molar-refractivity contribution in [2.45, 2.75) is 31.3 Å². The molecule has 0 aromatic carbocycles. The van der Waals surface area contributed by atoms with Crippen molar-refractivity contribution in [3.05, 3.63) is 45.2 Å². The van der Waals surface area contributed by atoms with E-state index in [-0.39, 0.29) is 17.4 Å². The Kier molecular flexibility index (Phi) is 5.42. The molecule has 26 heavy (non-hydrogen) atoms. The standard InChI is InChI=1S/C16H17BrN6O2S/c1-9(2)23-15-13(20-8-12(17)21-15)22-14(16(23)24)19-6-10-4-5-11(7-18-10)26(3)25/h4-5,7-9H,6H2,1-3H3,(H,19,20,22). The maximum atomic E-state index is 12.8. The zero-order valence-electron chi connectivity index (χ0n) is 14.4. The molecule has 3 aromatic heterocycles. The minimum Gasteiger partial charge on any atom is -0.360 e. The SMILES string of the molecule is CC(C)n1c(=O)c(NCc2ccc(S(C)=O)cn2)nc2ncc(Br)nc21. The summed E-state index contributed by atoms with van der Waals surface area (Å²) >= 11 is 3.27. The van der Waals surface area contributed by atoms with Gasteiger partial charge in [0.1, 0.15) is 4.60 Å². The number of aromatic nitrogens is 5. The average molecular weight is 437 g/mol. The molecule has 0 spiro atoms. The second kappa shape index (κ2) is 7.58. The first-order chi connectivity index (χ1) is 12.4. The number of hydrogen-bond acceptors (Lipinski definition) is 7. The first-order valence-electron chi connectivity index (χ1n) is 7.84. The van der Waals surface area contributed by atoms with Gasteiger partial charge in [0.05, 0.1) is 34.1 Å². The van der Waals surface area contributed by atoms with Crippen molar-refractivity contribution in [3.8, 4) is 0 Å². The molecule has 10 heteroatoms. The second-order valence-electron chi connectivity index (χ2n) is 5.86. The predicted molar refractivity (Wildman–Crippen MR) is 104 cm³/mol. The van der Waals surface area contributed by atoms with Gasteiger partial charge in [-0.1, -0.05) is 0 Å². The summed E-state index contributed by atoms with van der Waals surface area (Å²) in [5.41, 5.74) is 1.25. The van der Waals surface area contributed by atoms with Crippen LogP contribution in [-0.2, 0) is 17.3 Å². The molecule has 3 rings (SSSR count). The smallest absolute Gasteiger partial charge is 0.295 e. The summed E-state index contributed by atoms with van der Waals surface area (Å²) < 4.78 is 13.5. The molecule has 0 fully saturated rings. The minimum atomic E-state index is -1.07. The molecule has 0 aliphatic carbocycles. The third kappa shape index (κ3) is 3.80. The number of fused-ring (bicyclic) bond motifs is 1. The molecule has 0 saturated heterocycles. The van der Waals surface area contributed by atoms with Crippen LogP contribution >= 0.6 is 15.9 Å². The Balaban J connectivity index is 1.95. The van der Waals surface area contributed by atoms with E-state index in [4.69, 9.17) is 0 Å². The van der Waals surface area contributed by atoms with E-state index in [1.54, 1.807) is 35.3 Å². The zero-order chi connectivity index (χ0) is 18.8. The Labute approximate surface area is 160 Å². The summed E-state index contributed by atoms with van der Waals surface area (Å²) in [7, 11) is -1.07. The van der Waals surface area contributed by atoms with Crippen LogP contribution in [0.1, 0.15) is 25.6 Å². The van der Waals surface area contributed by atoms with Crippen molar-refractivity contribution < 1.29 is 4.21 Å². The molecule has 3 aromatic rings. The molecular weight excluding hydrogens is 420 g/mol. The number of pyridine rings is 1. The molecule has 8 nitrogen and oxygen atoms in total. The lowest BCUT2D eigenvalue weighted by Gasteiger charge is -2.14. The fourth-order valence-corrected chi connectivity index (χ4v) is 3.14. The van der Waals surface area contributed by atoms with Crippen LogP contribution in [0.3, 0.4) is 0 Å². The Morgan fingerprint density at radius 1 is 1.23 bits per heavy atom. The average Bonchev–Trinajstić information content (AvgIpc) is 2.60. The number of nitrogens with one attached hydrogen (secondary N) is 1. The summed E-state index contributed by atoms with van der Waals surface area (Å²) in [5, 5.41) is 3.02. The molecule has 1 atom stereocenters. The highest BCUT2D eigenvalue weighted by atomic mass is 79.9. The van der Waals surface area contributed by atoms with Crippen molar-refractivity contribution in [2.75, 3.05) is 11.6 Å². The van der Waals surface area contributed by atoms with Gasteiger partial charge < -0.3 is 5.32 Å². The van der Waals surface area contributed by atoms with Gasteiger partial charge in [0, 0.05) is 18.5 Å². The fourth-order valence-electron chi connectivity index (χ4n) is 2.41. The molecule has 3 heterocycles. The van der Waals surface area contributed by atoms with Crippen LogP contribution in [0.4, 0.5) is 5.82 Å². The van der Waals surface area contributed by atoms with Crippen molar-refractivity contribution >= 4 is 43.8 Å². The quantitative estimate of drug-likeness (QED) is 0.653. The third-order valence-electron chi connectivity index (χ3n) is 3.66. The number of hydrogen-bond donors (Lipinski definition) is 1. The molecule has 0 bridgehead atoms. The Morgan fingerprint density at radius 2 is 2.00 bits per heavy atom. The molecule has 0 aliphatic rings. The van der Waals surface area contributed by atoms with Crippen LogP contribution < -0.4 is 10.9 Å². The van der Waals surface area contributed by atoms with Gasteiger partial charge in [-0.15, -0.1) is 0 Å². The number of halogens is 1. The highest BCUT2D eigenvalue weighted by Gasteiger charge is 2.15. The minimum absolute atomic E-state index is 0.103. The highest BCUT2D eigenvalue weighted by Crippen LogP contribution is 2.15. The number of anilines is 1. The summed E-state index contributed by atoms with van der Waals surface area (Å²) in [6, 6.07) is 3.42. The lowest BCUT2D eigenvalue weighted by atomic mass is 10.3. The number of rotatable bonds is 5. The lowest BCUT2D eigenvalue weighted by molar-refractivity contribution is 0.592. The van der Waals surface area contributed by atoms with E-state index in [2.05, 4.69) is 41.2 Å². The van der Waals surface area contributed by atoms with Crippen molar-refractivity contribution in [3.63, 3.8) is 0 Å². The van der Waals surface area contributed by atoms with Gasteiger partial charge in [-0.05, 0) is 41.9 Å². The summed E-state index contributed by atoms with van der Waals surface area (Å²) in [4.78, 5) is 30.6. The second-order valence-corrected chi connectivity index (χ2v) is 8.05. The molecule has 0 amide bonds. The molecular formula is C16H17BrN6O2S. The van der Waals surface area contributed by atoms with Gasteiger partial charge in [-0.2, -0.15) is 0 Å². The topological polar surface area (TPSA) is 103 Å². The van der Waals surface area contributed by atoms with E-state index < -0.39 is 10.8 Å². The van der Waals surface area contributed by atoms with E-state index in [1.807, 2.05) is 13.8 Å². The first-order valence-corrected chi connectivity index (χ1v) is 10.2. The van der Waals surface area contributed by atoms with Crippen LogP contribution in [0, 0.1) is 0 Å². The van der Waals surface area contributed by atoms with Gasteiger partial charge in [0.15, 0.2) is 17.1 Å². The lowest BCUT2D eigenvalue weighted by Crippen LogP contribution is -2.27. The fraction of sp³-hybridized carbons (Fsp3) is 0.312. The van der Waals surface area contributed by atoms with Gasteiger partial charge >= 0.3 is 0 Å². The molecule has 0 radical (unpaired) electrons. The molecule has 1 unspecified atom stereocenters. The molecule has 1 N–H and O–H groups in total. The predicted octanol–water partition coefficient (Wildman–Crippen LogP) is 2.27. The van der Waals surface area contributed by atoms with Crippen molar-refractivity contribution in [1.29, 1.82) is 0 Å². The molecule has 136 valence electrons. The van der Waals surface area contributed by atoms with Crippen molar-refractivity contribution in [2.24, 2.45) is 0 Å². The molecule has 0 aliphatic heterocycles. The summed E-state index contributed by atoms with van der Waals surface area (Å²) in [5.74, 6) is 0.188. The van der Waals surface area contributed by atoms with Gasteiger partial charge in [-0.3, -0.25) is 18.6 Å². The van der Waals surface area contributed by atoms with Gasteiger partial charge in [-0.25, -0.2) is 15.0 Å². The summed E-state index contributed by atoms with van der Waals surface area (Å²) in [6.07, 6.45) is 4.71. The van der Waals surface area contributed by atoms with E-state index in [0.717, 1.165) is 0 Å². The Hall–Kier alpha value is -2.20. The van der Waals surface area contributed by atoms with Crippen LogP contribution in [0.15, 0.2) is 38.8 Å². The monoisotopic (exact) mass is 436 g/mol. The summed E-state index contributed by atoms with van der Waals surface area (Å²) in [6.45, 7) is 4.11. The Bertz CT molecular complexity index is 1040. The maximum absolute atomic E-state index is 12.8. The van der Waals surface area contributed by atoms with Crippen LogP contribution in [0.2, 0.25) is 0 Å². The van der Waals surface area contributed by atoms with Crippen LogP contribution in [0.25, 0.3) is 11.3 Å². The normalized spacial score (nSPS) is 12.5. The maximum Gasteiger partial charge on any atom is 0.295 e. The van der Waals surface area contributed by atoms with Gasteiger partial charge in [0.25, 0.3) is 5.56 Å². The van der Waals surface area contributed by atoms with E-state index in [9.17, 15) is 9.00 Å². The zero-order valence-corrected chi connectivity index (χ0v) is 16.8. The largest absolute Gasteiger partial charge is 0.360 e. The Morgan fingerprint density at radius 3 is 2.62 bits per heavy atom. The third-order valence-corrected chi connectivity index (χ3v) is 4.94. The van der Waals surface area contributed by atoms with Gasteiger partial charge in [0.2, 0.25) is 0 Å². The van der Waals surface area contributed by atoms with Crippen molar-refractivity contribution in [1.82, 2.24) is 24.5 Å². The van der Waals surface area contributed by atoms with E-state index >= 15 is 0 Å². The van der Waals surface area contributed by atoms with Crippen LogP contribution in [0.5, 0.6) is 0 Å². The van der Waals surface area contributed by atoms with E-state index in [1.165, 1.54) is 0 Å². The van der Waals surface area contributed by atoms with Crippen LogP contribution in [-0.4, -0.2) is 35.0 Å². The highest BCUT2D eigenvalue weighted by molar-refractivity contribution is 9.10. The first kappa shape index (κ1) is 18.6.